The van der Waals surface area contributed by atoms with E-state index in [0.717, 1.165) is 0 Å². The molecule has 1 rings (SSSR count). The molecule has 0 aliphatic carbocycles. The summed E-state index contributed by atoms with van der Waals surface area (Å²) >= 11 is 0. The van der Waals surface area contributed by atoms with E-state index in [9.17, 15) is 9.18 Å². The summed E-state index contributed by atoms with van der Waals surface area (Å²) in [5.74, 6) is -0.475. The van der Waals surface area contributed by atoms with Crippen molar-refractivity contribution in [3.63, 3.8) is 0 Å². The first-order chi connectivity index (χ1) is 9.26. The number of rotatable bonds is 6. The molecule has 0 radical (unpaired) electrons. The van der Waals surface area contributed by atoms with Crippen molar-refractivity contribution >= 4 is 5.91 Å². The monoisotopic (exact) mass is 280 g/mol. The van der Waals surface area contributed by atoms with Crippen LogP contribution in [0, 0.1) is 17.2 Å². The third-order valence-electron chi connectivity index (χ3n) is 3.50. The van der Waals surface area contributed by atoms with Crippen LogP contribution in [0.15, 0.2) is 24.3 Å². The third-order valence-corrected chi connectivity index (χ3v) is 3.50. The summed E-state index contributed by atoms with van der Waals surface area (Å²) in [6.45, 7) is 7.01. The Labute approximate surface area is 121 Å². The molecule has 0 saturated heterocycles. The largest absolute Gasteiger partial charge is 0.345 e. The lowest BCUT2D eigenvalue weighted by Gasteiger charge is -2.30. The highest BCUT2D eigenvalue weighted by atomic mass is 19.1. The Morgan fingerprint density at radius 2 is 2.00 bits per heavy atom. The lowest BCUT2D eigenvalue weighted by Crippen LogP contribution is -2.42. The molecule has 0 heterocycles. The van der Waals surface area contributed by atoms with Gasteiger partial charge in [0.25, 0.3) is 0 Å². The highest BCUT2D eigenvalue weighted by Crippen LogP contribution is 2.18. The van der Waals surface area contributed by atoms with Crippen molar-refractivity contribution in [2.75, 3.05) is 20.1 Å². The van der Waals surface area contributed by atoms with Crippen LogP contribution in [0.1, 0.15) is 26.3 Å². The van der Waals surface area contributed by atoms with Crippen LogP contribution in [0.3, 0.4) is 0 Å². The van der Waals surface area contributed by atoms with Crippen molar-refractivity contribution in [3.05, 3.63) is 35.6 Å². The number of carbonyl (C=O) groups is 1. The molecular weight excluding hydrogens is 255 g/mol. The molecule has 1 amide bonds. The molecule has 0 bridgehead atoms. The Hall–Kier alpha value is -1.42. The predicted octanol–water partition coefficient (Wildman–Crippen LogP) is 2.45. The average Bonchev–Trinajstić information content (AvgIpc) is 2.40. The van der Waals surface area contributed by atoms with Crippen molar-refractivity contribution in [2.24, 2.45) is 17.1 Å². The van der Waals surface area contributed by atoms with E-state index < -0.39 is 0 Å². The molecule has 0 fully saturated rings. The number of carbonyl (C=O) groups excluding carboxylic acids is 1. The summed E-state index contributed by atoms with van der Waals surface area (Å²) in [7, 11) is 1.78. The van der Waals surface area contributed by atoms with E-state index in [-0.39, 0.29) is 23.1 Å². The Bertz CT molecular complexity index is 460. The van der Waals surface area contributed by atoms with Gasteiger partial charge in [0.2, 0.25) is 5.91 Å². The van der Waals surface area contributed by atoms with Crippen LogP contribution in [-0.2, 0) is 11.2 Å². The van der Waals surface area contributed by atoms with Crippen LogP contribution in [0.25, 0.3) is 0 Å². The predicted molar refractivity (Wildman–Crippen MR) is 79.7 cm³/mol. The summed E-state index contributed by atoms with van der Waals surface area (Å²) in [6.07, 6.45) is 0.416. The Kier molecular flexibility index (Phi) is 5.69. The van der Waals surface area contributed by atoms with Crippen LogP contribution < -0.4 is 5.73 Å². The number of halogens is 1. The van der Waals surface area contributed by atoms with E-state index >= 15 is 0 Å². The lowest BCUT2D eigenvalue weighted by atomic mass is 9.92. The van der Waals surface area contributed by atoms with Crippen LogP contribution in [0.4, 0.5) is 4.39 Å². The van der Waals surface area contributed by atoms with Crippen LogP contribution in [-0.4, -0.2) is 30.9 Å². The van der Waals surface area contributed by atoms with E-state index in [1.165, 1.54) is 6.07 Å². The van der Waals surface area contributed by atoms with Gasteiger partial charge in [0, 0.05) is 19.5 Å². The topological polar surface area (TPSA) is 46.3 Å². The molecule has 3 nitrogen and oxygen atoms in total. The fraction of sp³-hybridized carbons (Fsp3) is 0.562. The number of hydrogen-bond acceptors (Lipinski definition) is 2. The summed E-state index contributed by atoms with van der Waals surface area (Å²) in [5, 5.41) is 0. The minimum atomic E-state index is -0.253. The molecule has 1 aromatic carbocycles. The highest BCUT2D eigenvalue weighted by molar-refractivity contribution is 5.78. The number of benzene rings is 1. The molecule has 4 heteroatoms. The number of hydrogen-bond donors (Lipinski definition) is 1. The van der Waals surface area contributed by atoms with Crippen LogP contribution >= 0.6 is 0 Å². The van der Waals surface area contributed by atoms with Crippen molar-refractivity contribution in [1.82, 2.24) is 4.90 Å². The molecule has 1 aromatic rings. The first-order valence-corrected chi connectivity index (χ1v) is 6.95. The van der Waals surface area contributed by atoms with Gasteiger partial charge in [-0.15, -0.1) is 0 Å². The molecule has 112 valence electrons. The average molecular weight is 280 g/mol. The zero-order chi connectivity index (χ0) is 15.3. The van der Waals surface area contributed by atoms with Gasteiger partial charge in [0.15, 0.2) is 0 Å². The van der Waals surface area contributed by atoms with Gasteiger partial charge in [-0.05, 0) is 30.0 Å². The number of nitrogens with zero attached hydrogens (tertiary/aromatic N) is 1. The summed E-state index contributed by atoms with van der Waals surface area (Å²) in [5.41, 5.74) is 6.16. The van der Waals surface area contributed by atoms with Gasteiger partial charge in [-0.1, -0.05) is 39.0 Å². The van der Waals surface area contributed by atoms with Crippen LogP contribution in [0.5, 0.6) is 0 Å². The van der Waals surface area contributed by atoms with Gasteiger partial charge in [0.1, 0.15) is 5.82 Å². The Morgan fingerprint density at radius 3 is 2.55 bits per heavy atom. The van der Waals surface area contributed by atoms with Crippen molar-refractivity contribution < 1.29 is 9.18 Å². The maximum absolute atomic E-state index is 13.6. The highest BCUT2D eigenvalue weighted by Gasteiger charge is 2.24. The molecule has 0 aromatic heterocycles. The second kappa shape index (κ2) is 6.84. The number of nitrogens with two attached hydrogens (primary N) is 1. The molecule has 1 atom stereocenters. The van der Waals surface area contributed by atoms with Crippen molar-refractivity contribution in [3.8, 4) is 0 Å². The Balaban J connectivity index is 2.65. The first kappa shape index (κ1) is 16.6. The summed E-state index contributed by atoms with van der Waals surface area (Å²) < 4.78 is 13.6. The smallest absolute Gasteiger partial charge is 0.225 e. The molecule has 1 unspecified atom stereocenters. The fourth-order valence-corrected chi connectivity index (χ4v) is 2.24. The van der Waals surface area contributed by atoms with Crippen LogP contribution in [0.2, 0.25) is 0 Å². The maximum atomic E-state index is 13.6. The van der Waals surface area contributed by atoms with E-state index in [2.05, 4.69) is 0 Å². The minimum Gasteiger partial charge on any atom is -0.345 e. The molecule has 0 saturated carbocycles. The first-order valence-electron chi connectivity index (χ1n) is 6.95. The van der Waals surface area contributed by atoms with Gasteiger partial charge in [-0.25, -0.2) is 4.39 Å². The normalized spacial score (nSPS) is 13.1. The molecular formula is C16H25FN2O. The van der Waals surface area contributed by atoms with E-state index in [4.69, 9.17) is 5.73 Å². The van der Waals surface area contributed by atoms with Gasteiger partial charge in [-0.2, -0.15) is 0 Å². The SMILES string of the molecule is CC(Cc1ccccc1F)C(=O)N(C)CC(C)(C)CN. The standard InChI is InChI=1S/C16H25FN2O/c1-12(9-13-7-5-6-8-14(13)17)15(20)19(4)11-16(2,3)10-18/h5-8,12H,9-11,18H2,1-4H3. The molecule has 0 spiro atoms. The van der Waals surface area contributed by atoms with E-state index in [1.54, 1.807) is 30.1 Å². The lowest BCUT2D eigenvalue weighted by molar-refractivity contribution is -0.134. The minimum absolute atomic E-state index is 0.0229. The van der Waals surface area contributed by atoms with Gasteiger partial charge >= 0.3 is 0 Å². The molecule has 20 heavy (non-hydrogen) atoms. The van der Waals surface area contributed by atoms with Crippen molar-refractivity contribution in [2.45, 2.75) is 27.2 Å². The third kappa shape index (κ3) is 4.60. The zero-order valence-electron chi connectivity index (χ0n) is 12.8. The maximum Gasteiger partial charge on any atom is 0.225 e. The summed E-state index contributed by atoms with van der Waals surface area (Å²) in [6, 6.07) is 6.59. The fourth-order valence-electron chi connectivity index (χ4n) is 2.24. The molecule has 2 N–H and O–H groups in total. The molecule has 0 aliphatic heterocycles. The van der Waals surface area contributed by atoms with Crippen molar-refractivity contribution in [1.29, 1.82) is 0 Å². The number of amides is 1. The second-order valence-corrected chi connectivity index (χ2v) is 6.26. The second-order valence-electron chi connectivity index (χ2n) is 6.26. The summed E-state index contributed by atoms with van der Waals surface area (Å²) in [4.78, 5) is 14.0. The van der Waals surface area contributed by atoms with Gasteiger partial charge in [0.05, 0.1) is 0 Å². The van der Waals surface area contributed by atoms with E-state index in [1.807, 2.05) is 20.8 Å². The Morgan fingerprint density at radius 1 is 1.40 bits per heavy atom. The zero-order valence-corrected chi connectivity index (χ0v) is 12.8. The van der Waals surface area contributed by atoms with Gasteiger partial charge in [-0.3, -0.25) is 4.79 Å². The van der Waals surface area contributed by atoms with Gasteiger partial charge < -0.3 is 10.6 Å². The quantitative estimate of drug-likeness (QED) is 0.870. The molecule has 0 aliphatic rings. The van der Waals surface area contributed by atoms with E-state index in [0.29, 0.717) is 25.1 Å².